The number of hydrogen-bond donors (Lipinski definition) is 2. The Bertz CT molecular complexity index is 403. The van der Waals surface area contributed by atoms with Crippen molar-refractivity contribution in [3.05, 3.63) is 23.8 Å². The minimum absolute atomic E-state index is 0.235. The third-order valence-corrected chi connectivity index (χ3v) is 2.28. The molecule has 1 heterocycles. The van der Waals surface area contributed by atoms with Crippen LogP contribution in [0, 0.1) is 0 Å². The SMILES string of the molecule is CC(O)C(=O)NCc1ccc2c(c1)OCO2. The molecule has 0 saturated heterocycles. The average molecular weight is 223 g/mol. The standard InChI is InChI=1S/C11H13NO4/c1-7(13)11(14)12-5-8-2-3-9-10(4-8)16-6-15-9/h2-4,7,13H,5-6H2,1H3,(H,12,14). The first-order valence-corrected chi connectivity index (χ1v) is 5.01. The summed E-state index contributed by atoms with van der Waals surface area (Å²) in [4.78, 5) is 11.1. The second-order valence-corrected chi connectivity index (χ2v) is 3.58. The van der Waals surface area contributed by atoms with E-state index >= 15 is 0 Å². The third kappa shape index (κ3) is 2.25. The molecule has 1 aromatic carbocycles. The lowest BCUT2D eigenvalue weighted by atomic mass is 10.2. The van der Waals surface area contributed by atoms with Crippen LogP contribution >= 0.6 is 0 Å². The summed E-state index contributed by atoms with van der Waals surface area (Å²) in [6, 6.07) is 5.45. The Morgan fingerprint density at radius 2 is 2.25 bits per heavy atom. The Labute approximate surface area is 93.0 Å². The summed E-state index contributed by atoms with van der Waals surface area (Å²) in [6.07, 6.45) is -0.992. The van der Waals surface area contributed by atoms with Gasteiger partial charge in [-0.3, -0.25) is 4.79 Å². The topological polar surface area (TPSA) is 67.8 Å². The first kappa shape index (κ1) is 10.8. The van der Waals surface area contributed by atoms with Crippen molar-refractivity contribution >= 4 is 5.91 Å². The molecular formula is C11H13NO4. The molecule has 1 unspecified atom stereocenters. The number of fused-ring (bicyclic) bond motifs is 1. The predicted octanol–water partition coefficient (Wildman–Crippen LogP) is 0.412. The summed E-state index contributed by atoms with van der Waals surface area (Å²) in [5.74, 6) is 1.01. The Morgan fingerprint density at radius 1 is 1.50 bits per heavy atom. The molecule has 0 aliphatic carbocycles. The number of amides is 1. The molecule has 86 valence electrons. The van der Waals surface area contributed by atoms with Crippen LogP contribution in [0.15, 0.2) is 18.2 Å². The number of aliphatic hydroxyl groups excluding tert-OH is 1. The molecule has 0 radical (unpaired) electrons. The number of rotatable bonds is 3. The highest BCUT2D eigenvalue weighted by molar-refractivity contribution is 5.79. The van der Waals surface area contributed by atoms with Gasteiger partial charge in [-0.1, -0.05) is 6.07 Å². The first-order valence-electron chi connectivity index (χ1n) is 5.01. The van der Waals surface area contributed by atoms with Crippen molar-refractivity contribution in [1.29, 1.82) is 0 Å². The van der Waals surface area contributed by atoms with Crippen molar-refractivity contribution in [2.24, 2.45) is 0 Å². The number of ether oxygens (including phenoxy) is 2. The molecule has 1 aliphatic heterocycles. The summed E-state index contributed by atoms with van der Waals surface area (Å²) in [5, 5.41) is 11.6. The van der Waals surface area contributed by atoms with Gasteiger partial charge in [-0.25, -0.2) is 0 Å². The van der Waals surface area contributed by atoms with E-state index in [1.165, 1.54) is 6.92 Å². The van der Waals surface area contributed by atoms with Gasteiger partial charge in [0.25, 0.3) is 0 Å². The Hall–Kier alpha value is -1.75. The maximum absolute atomic E-state index is 11.1. The van der Waals surface area contributed by atoms with E-state index in [1.54, 1.807) is 6.07 Å². The molecule has 5 nitrogen and oxygen atoms in total. The maximum atomic E-state index is 11.1. The molecule has 0 fully saturated rings. The molecule has 0 aromatic heterocycles. The Morgan fingerprint density at radius 3 is 3.00 bits per heavy atom. The minimum Gasteiger partial charge on any atom is -0.454 e. The molecule has 2 rings (SSSR count). The van der Waals surface area contributed by atoms with Crippen LogP contribution in [0.3, 0.4) is 0 Å². The monoisotopic (exact) mass is 223 g/mol. The van der Waals surface area contributed by atoms with Crippen molar-refractivity contribution in [3.63, 3.8) is 0 Å². The van der Waals surface area contributed by atoms with Crippen LogP contribution in [0.4, 0.5) is 0 Å². The molecule has 16 heavy (non-hydrogen) atoms. The van der Waals surface area contributed by atoms with Gasteiger partial charge in [0.15, 0.2) is 11.5 Å². The van der Waals surface area contributed by atoms with Gasteiger partial charge >= 0.3 is 0 Å². The molecule has 1 amide bonds. The van der Waals surface area contributed by atoms with E-state index < -0.39 is 12.0 Å². The second-order valence-electron chi connectivity index (χ2n) is 3.58. The molecule has 1 aromatic rings. The van der Waals surface area contributed by atoms with Crippen LogP contribution in [0.5, 0.6) is 11.5 Å². The molecule has 0 spiro atoms. The van der Waals surface area contributed by atoms with E-state index in [0.29, 0.717) is 18.0 Å². The average Bonchev–Trinajstić information content (AvgIpc) is 2.72. The van der Waals surface area contributed by atoms with Crippen LogP contribution in [-0.4, -0.2) is 23.9 Å². The fourth-order valence-corrected chi connectivity index (χ4v) is 1.39. The van der Waals surface area contributed by atoms with Crippen molar-refractivity contribution in [3.8, 4) is 11.5 Å². The van der Waals surface area contributed by atoms with Crippen molar-refractivity contribution < 1.29 is 19.4 Å². The third-order valence-electron chi connectivity index (χ3n) is 2.28. The van der Waals surface area contributed by atoms with Crippen molar-refractivity contribution in [2.75, 3.05) is 6.79 Å². The van der Waals surface area contributed by atoms with Gasteiger partial charge in [0, 0.05) is 6.54 Å². The highest BCUT2D eigenvalue weighted by atomic mass is 16.7. The number of carbonyl (C=O) groups excluding carboxylic acids is 1. The molecule has 0 bridgehead atoms. The molecule has 2 N–H and O–H groups in total. The van der Waals surface area contributed by atoms with Crippen LogP contribution in [0.1, 0.15) is 12.5 Å². The van der Waals surface area contributed by atoms with Gasteiger partial charge < -0.3 is 19.9 Å². The van der Waals surface area contributed by atoms with E-state index in [2.05, 4.69) is 5.32 Å². The predicted molar refractivity (Wildman–Crippen MR) is 56.1 cm³/mol. The van der Waals surface area contributed by atoms with Gasteiger partial charge in [-0.15, -0.1) is 0 Å². The van der Waals surface area contributed by atoms with Crippen LogP contribution in [0.25, 0.3) is 0 Å². The summed E-state index contributed by atoms with van der Waals surface area (Å²) in [6.45, 7) is 2.02. The molecule has 1 aliphatic rings. The Kier molecular flexibility index (Phi) is 2.96. The minimum atomic E-state index is -0.992. The second kappa shape index (κ2) is 4.40. The number of nitrogens with one attached hydrogen (secondary N) is 1. The first-order chi connectivity index (χ1) is 7.66. The highest BCUT2D eigenvalue weighted by Crippen LogP contribution is 2.32. The quantitative estimate of drug-likeness (QED) is 0.779. The zero-order valence-electron chi connectivity index (χ0n) is 8.90. The van der Waals surface area contributed by atoms with Crippen molar-refractivity contribution in [2.45, 2.75) is 19.6 Å². The summed E-state index contributed by atoms with van der Waals surface area (Å²) in [5.41, 5.74) is 0.901. The maximum Gasteiger partial charge on any atom is 0.248 e. The lowest BCUT2D eigenvalue weighted by Gasteiger charge is -2.07. The van der Waals surface area contributed by atoms with Gasteiger partial charge in [-0.05, 0) is 24.6 Å². The van der Waals surface area contributed by atoms with E-state index in [9.17, 15) is 4.79 Å². The number of benzene rings is 1. The molecular weight excluding hydrogens is 210 g/mol. The van der Waals surface area contributed by atoms with Crippen LogP contribution < -0.4 is 14.8 Å². The van der Waals surface area contributed by atoms with Gasteiger partial charge in [0.1, 0.15) is 6.10 Å². The smallest absolute Gasteiger partial charge is 0.248 e. The zero-order chi connectivity index (χ0) is 11.5. The van der Waals surface area contributed by atoms with Crippen LogP contribution in [0.2, 0.25) is 0 Å². The molecule has 1 atom stereocenters. The largest absolute Gasteiger partial charge is 0.454 e. The van der Waals surface area contributed by atoms with Gasteiger partial charge in [0.05, 0.1) is 0 Å². The molecule has 5 heteroatoms. The lowest BCUT2D eigenvalue weighted by Crippen LogP contribution is -2.31. The number of hydrogen-bond acceptors (Lipinski definition) is 4. The fraction of sp³-hybridized carbons (Fsp3) is 0.364. The normalized spacial score (nSPS) is 14.6. The molecule has 0 saturated carbocycles. The van der Waals surface area contributed by atoms with E-state index in [0.717, 1.165) is 5.56 Å². The number of carbonyl (C=O) groups is 1. The highest BCUT2D eigenvalue weighted by Gasteiger charge is 2.14. The van der Waals surface area contributed by atoms with Crippen molar-refractivity contribution in [1.82, 2.24) is 5.32 Å². The van der Waals surface area contributed by atoms with E-state index in [-0.39, 0.29) is 6.79 Å². The summed E-state index contributed by atoms with van der Waals surface area (Å²) in [7, 11) is 0. The summed E-state index contributed by atoms with van der Waals surface area (Å²) < 4.78 is 10.4. The zero-order valence-corrected chi connectivity index (χ0v) is 8.90. The van der Waals surface area contributed by atoms with E-state index in [4.69, 9.17) is 14.6 Å². The van der Waals surface area contributed by atoms with Gasteiger partial charge in [-0.2, -0.15) is 0 Å². The van der Waals surface area contributed by atoms with E-state index in [1.807, 2.05) is 12.1 Å². The lowest BCUT2D eigenvalue weighted by molar-refractivity contribution is -0.128. The Balaban J connectivity index is 1.98. The fourth-order valence-electron chi connectivity index (χ4n) is 1.39. The number of aliphatic hydroxyl groups is 1. The van der Waals surface area contributed by atoms with Crippen LogP contribution in [-0.2, 0) is 11.3 Å². The summed E-state index contributed by atoms with van der Waals surface area (Å²) >= 11 is 0. The van der Waals surface area contributed by atoms with Gasteiger partial charge in [0.2, 0.25) is 12.7 Å².